The van der Waals surface area contributed by atoms with Crippen molar-refractivity contribution >= 4 is 11.6 Å². The molecule has 0 bridgehead atoms. The largest absolute Gasteiger partial charge is 0.368 e. The maximum absolute atomic E-state index is 5.88. The van der Waals surface area contributed by atoms with E-state index < -0.39 is 0 Å². The highest BCUT2D eigenvalue weighted by molar-refractivity contribution is 6.18. The van der Waals surface area contributed by atoms with Gasteiger partial charge in [-0.2, -0.15) is 4.80 Å². The molecule has 2 rings (SSSR count). The normalized spacial score (nSPS) is 25.1. The molecule has 1 saturated heterocycles. The summed E-state index contributed by atoms with van der Waals surface area (Å²) in [5.41, 5.74) is -0.181. The fourth-order valence-corrected chi connectivity index (χ4v) is 2.36. The average molecular weight is 260 g/mol. The molecule has 0 radical (unpaired) electrons. The van der Waals surface area contributed by atoms with Crippen molar-refractivity contribution in [3.05, 3.63) is 5.82 Å². The Labute approximate surface area is 106 Å². The van der Waals surface area contributed by atoms with E-state index in [-0.39, 0.29) is 11.7 Å². The molecular weight excluding hydrogens is 242 g/mol. The second-order valence-electron chi connectivity index (χ2n) is 5.02. The molecule has 1 aliphatic rings. The van der Waals surface area contributed by atoms with Gasteiger partial charge in [0.2, 0.25) is 0 Å². The smallest absolute Gasteiger partial charge is 0.188 e. The van der Waals surface area contributed by atoms with Gasteiger partial charge in [0.05, 0.1) is 25.3 Å². The second kappa shape index (κ2) is 4.88. The lowest BCUT2D eigenvalue weighted by Gasteiger charge is -2.41. The summed E-state index contributed by atoms with van der Waals surface area (Å²) in [6, 6.07) is 0. The number of aromatic nitrogens is 4. The minimum absolute atomic E-state index is 0.0667. The Balaban J connectivity index is 2.00. The Morgan fingerprint density at radius 2 is 2.29 bits per heavy atom. The molecule has 0 aromatic carbocycles. The number of ether oxygens (including phenoxy) is 1. The second-order valence-corrected chi connectivity index (χ2v) is 5.33. The van der Waals surface area contributed by atoms with Crippen LogP contribution in [0.25, 0.3) is 0 Å². The zero-order valence-electron chi connectivity index (χ0n) is 10.4. The average Bonchev–Trinajstić information content (AvgIpc) is 2.61. The Hall–Kier alpha value is -0.720. The van der Waals surface area contributed by atoms with Gasteiger partial charge in [-0.1, -0.05) is 0 Å². The van der Waals surface area contributed by atoms with Crippen molar-refractivity contribution < 1.29 is 4.74 Å². The van der Waals surface area contributed by atoms with Crippen LogP contribution in [-0.2, 0) is 18.3 Å². The van der Waals surface area contributed by atoms with E-state index >= 15 is 0 Å². The molecule has 6 nitrogen and oxygen atoms in total. The van der Waals surface area contributed by atoms with Gasteiger partial charge in [-0.3, -0.25) is 4.90 Å². The monoisotopic (exact) mass is 259 g/mol. The highest BCUT2D eigenvalue weighted by atomic mass is 35.5. The highest BCUT2D eigenvalue weighted by Crippen LogP contribution is 2.22. The molecule has 1 unspecified atom stereocenters. The van der Waals surface area contributed by atoms with E-state index in [1.807, 2.05) is 0 Å². The number of hydrogen-bond donors (Lipinski definition) is 0. The predicted octanol–water partition coefficient (Wildman–Crippen LogP) is 0.428. The number of alkyl halides is 1. The van der Waals surface area contributed by atoms with Gasteiger partial charge < -0.3 is 4.74 Å². The Morgan fingerprint density at radius 3 is 2.88 bits per heavy atom. The quantitative estimate of drug-likeness (QED) is 0.737. The first-order chi connectivity index (χ1) is 7.98. The molecule has 0 amide bonds. The molecule has 1 fully saturated rings. The van der Waals surface area contributed by atoms with E-state index in [4.69, 9.17) is 16.3 Å². The maximum Gasteiger partial charge on any atom is 0.188 e. The van der Waals surface area contributed by atoms with Crippen LogP contribution in [0.3, 0.4) is 0 Å². The van der Waals surface area contributed by atoms with E-state index in [2.05, 4.69) is 34.2 Å². The van der Waals surface area contributed by atoms with E-state index in [9.17, 15) is 0 Å². The zero-order valence-corrected chi connectivity index (χ0v) is 11.2. The summed E-state index contributed by atoms with van der Waals surface area (Å²) in [5, 5.41) is 12.0. The third-order valence-electron chi connectivity index (χ3n) is 2.64. The molecule has 1 aromatic rings. The number of aryl methyl sites for hydroxylation is 1. The van der Waals surface area contributed by atoms with Crippen LogP contribution >= 0.6 is 11.6 Å². The first-order valence-electron chi connectivity index (χ1n) is 5.67. The Bertz CT molecular complexity index is 381. The number of hydrogen-bond acceptors (Lipinski definition) is 5. The van der Waals surface area contributed by atoms with Gasteiger partial charge in [-0.05, 0) is 19.1 Å². The summed E-state index contributed by atoms with van der Waals surface area (Å²) in [5.74, 6) is 1.24. The minimum atomic E-state index is -0.181. The van der Waals surface area contributed by atoms with Crippen molar-refractivity contribution in [1.29, 1.82) is 0 Å². The van der Waals surface area contributed by atoms with Crippen LogP contribution in [0.5, 0.6) is 0 Å². The van der Waals surface area contributed by atoms with Crippen LogP contribution in [-0.4, -0.2) is 55.8 Å². The molecule has 7 heteroatoms. The summed E-state index contributed by atoms with van der Waals surface area (Å²) in [6.45, 7) is 6.49. The van der Waals surface area contributed by atoms with E-state index in [1.54, 1.807) is 7.05 Å². The molecule has 0 spiro atoms. The Kier molecular flexibility index (Phi) is 3.65. The number of morpholine rings is 1. The fourth-order valence-electron chi connectivity index (χ4n) is 2.20. The predicted molar refractivity (Wildman–Crippen MR) is 63.7 cm³/mol. The molecule has 1 aliphatic heterocycles. The molecule has 0 N–H and O–H groups in total. The lowest BCUT2D eigenvalue weighted by molar-refractivity contribution is -0.129. The third-order valence-corrected chi connectivity index (χ3v) is 2.98. The van der Waals surface area contributed by atoms with Crippen molar-refractivity contribution in [3.63, 3.8) is 0 Å². The van der Waals surface area contributed by atoms with Gasteiger partial charge >= 0.3 is 0 Å². The van der Waals surface area contributed by atoms with Crippen LogP contribution < -0.4 is 0 Å². The summed E-state index contributed by atoms with van der Waals surface area (Å²) in [7, 11) is 1.77. The lowest BCUT2D eigenvalue weighted by Crippen LogP contribution is -2.52. The van der Waals surface area contributed by atoms with Gasteiger partial charge in [-0.25, -0.2) is 0 Å². The van der Waals surface area contributed by atoms with E-state index in [0.29, 0.717) is 12.4 Å². The summed E-state index contributed by atoms with van der Waals surface area (Å²) in [4.78, 5) is 3.73. The van der Waals surface area contributed by atoms with Crippen molar-refractivity contribution in [3.8, 4) is 0 Å². The number of rotatable bonds is 3. The van der Waals surface area contributed by atoms with Crippen molar-refractivity contribution in [2.24, 2.45) is 7.05 Å². The molecule has 1 atom stereocenters. The number of halogens is 1. The third kappa shape index (κ3) is 3.37. The molecule has 2 heterocycles. The Morgan fingerprint density at radius 1 is 1.53 bits per heavy atom. The first kappa shape index (κ1) is 12.7. The van der Waals surface area contributed by atoms with Gasteiger partial charge in [0.1, 0.15) is 0 Å². The summed E-state index contributed by atoms with van der Waals surface area (Å²) < 4.78 is 5.86. The molecule has 17 heavy (non-hydrogen) atoms. The standard InChI is InChI=1S/C10H18ClN5O/c1-10(2)7-16(5-8(4-11)17-10)6-9-12-14-15(3)13-9/h8H,4-7H2,1-3H3. The summed E-state index contributed by atoms with van der Waals surface area (Å²) in [6.07, 6.45) is 0.0667. The van der Waals surface area contributed by atoms with Gasteiger partial charge in [0.25, 0.3) is 0 Å². The molecule has 0 aliphatic carbocycles. The summed E-state index contributed by atoms with van der Waals surface area (Å²) >= 11 is 5.88. The first-order valence-corrected chi connectivity index (χ1v) is 6.21. The molecular formula is C10H18ClN5O. The van der Waals surface area contributed by atoms with Crippen LogP contribution in [0, 0.1) is 0 Å². The molecule has 0 saturated carbocycles. The number of tetrazole rings is 1. The number of nitrogens with zero attached hydrogens (tertiary/aromatic N) is 5. The van der Waals surface area contributed by atoms with Crippen molar-refractivity contribution in [2.75, 3.05) is 19.0 Å². The van der Waals surface area contributed by atoms with Crippen LogP contribution in [0.15, 0.2) is 0 Å². The van der Waals surface area contributed by atoms with E-state index in [1.165, 1.54) is 4.80 Å². The topological polar surface area (TPSA) is 56.1 Å². The maximum atomic E-state index is 5.88. The van der Waals surface area contributed by atoms with Gasteiger partial charge in [-0.15, -0.1) is 21.8 Å². The fraction of sp³-hybridized carbons (Fsp3) is 0.900. The van der Waals surface area contributed by atoms with E-state index in [0.717, 1.165) is 18.9 Å². The van der Waals surface area contributed by atoms with Gasteiger partial charge in [0, 0.05) is 19.0 Å². The zero-order chi connectivity index (χ0) is 12.5. The molecule has 96 valence electrons. The molecule has 1 aromatic heterocycles. The SMILES string of the molecule is Cn1nnc(CN2CC(CCl)OC(C)(C)C2)n1. The van der Waals surface area contributed by atoms with Crippen molar-refractivity contribution in [1.82, 2.24) is 25.1 Å². The highest BCUT2D eigenvalue weighted by Gasteiger charge is 2.33. The van der Waals surface area contributed by atoms with Crippen LogP contribution in [0.2, 0.25) is 0 Å². The minimum Gasteiger partial charge on any atom is -0.368 e. The van der Waals surface area contributed by atoms with Crippen LogP contribution in [0.4, 0.5) is 0 Å². The van der Waals surface area contributed by atoms with Crippen molar-refractivity contribution in [2.45, 2.75) is 32.1 Å². The lowest BCUT2D eigenvalue weighted by atomic mass is 10.1. The van der Waals surface area contributed by atoms with Crippen LogP contribution in [0.1, 0.15) is 19.7 Å². The van der Waals surface area contributed by atoms with Gasteiger partial charge in [0.15, 0.2) is 5.82 Å².